The van der Waals surface area contributed by atoms with Gasteiger partial charge in [0.2, 0.25) is 0 Å². The Bertz CT molecular complexity index is 1320. The van der Waals surface area contributed by atoms with Crippen LogP contribution in [0, 0.1) is 10.1 Å². The highest BCUT2D eigenvalue weighted by atomic mass is 16.6. The van der Waals surface area contributed by atoms with Crippen molar-refractivity contribution in [1.82, 2.24) is 15.2 Å². The van der Waals surface area contributed by atoms with Crippen LogP contribution < -0.4 is 10.2 Å². The molecule has 0 bridgehead atoms. The van der Waals surface area contributed by atoms with Gasteiger partial charge in [0.05, 0.1) is 10.6 Å². The predicted molar refractivity (Wildman–Crippen MR) is 124 cm³/mol. The molecule has 1 heterocycles. The third kappa shape index (κ3) is 5.40. The molecule has 1 aromatic heterocycles. The SMILES string of the molecule is CC(=NNC(=O)Cn1cc([N+](=O)[O-])cn1)c1ccc(OCc2cccc3ccccc23)cc1. The van der Waals surface area contributed by atoms with E-state index >= 15 is 0 Å². The molecule has 4 rings (SSSR count). The molecule has 3 aromatic carbocycles. The number of carbonyl (C=O) groups is 1. The monoisotopic (exact) mass is 443 g/mol. The van der Waals surface area contributed by atoms with Crippen LogP contribution in [0.3, 0.4) is 0 Å². The smallest absolute Gasteiger partial charge is 0.307 e. The second-order valence-corrected chi connectivity index (χ2v) is 7.34. The molecular weight excluding hydrogens is 422 g/mol. The highest BCUT2D eigenvalue weighted by molar-refractivity contribution is 5.99. The number of hydrazone groups is 1. The number of rotatable bonds is 8. The van der Waals surface area contributed by atoms with Crippen LogP contribution >= 0.6 is 0 Å². The van der Waals surface area contributed by atoms with Crippen molar-refractivity contribution in [2.45, 2.75) is 20.1 Å². The number of nitrogens with zero attached hydrogens (tertiary/aromatic N) is 4. The Balaban J connectivity index is 1.33. The van der Waals surface area contributed by atoms with E-state index in [1.807, 2.05) is 42.5 Å². The van der Waals surface area contributed by atoms with Gasteiger partial charge in [0.15, 0.2) is 0 Å². The van der Waals surface area contributed by atoms with Crippen LogP contribution in [0.4, 0.5) is 5.69 Å². The van der Waals surface area contributed by atoms with Crippen LogP contribution in [0.25, 0.3) is 10.8 Å². The van der Waals surface area contributed by atoms with Crippen molar-refractivity contribution in [3.8, 4) is 5.75 Å². The van der Waals surface area contributed by atoms with Gasteiger partial charge in [0.1, 0.15) is 31.3 Å². The number of benzene rings is 3. The third-order valence-corrected chi connectivity index (χ3v) is 5.03. The molecule has 0 saturated heterocycles. The van der Waals surface area contributed by atoms with Crippen LogP contribution in [0.5, 0.6) is 5.75 Å². The Hall–Kier alpha value is -4.53. The van der Waals surface area contributed by atoms with Gasteiger partial charge in [0, 0.05) is 0 Å². The Kier molecular flexibility index (Phi) is 6.40. The zero-order valence-electron chi connectivity index (χ0n) is 17.8. The molecule has 0 unspecified atom stereocenters. The van der Waals surface area contributed by atoms with Crippen LogP contribution in [0.1, 0.15) is 18.1 Å². The normalized spacial score (nSPS) is 11.4. The molecule has 33 heavy (non-hydrogen) atoms. The quantitative estimate of drug-likeness (QED) is 0.251. The summed E-state index contributed by atoms with van der Waals surface area (Å²) in [5.74, 6) is 0.284. The predicted octanol–water partition coefficient (Wildman–Crippen LogP) is 4.06. The minimum atomic E-state index is -0.570. The van der Waals surface area contributed by atoms with E-state index in [0.29, 0.717) is 12.3 Å². The van der Waals surface area contributed by atoms with Crippen LogP contribution in [-0.2, 0) is 17.9 Å². The second kappa shape index (κ2) is 9.73. The summed E-state index contributed by atoms with van der Waals surface area (Å²) in [6.07, 6.45) is 2.28. The van der Waals surface area contributed by atoms with E-state index in [-0.39, 0.29) is 12.2 Å². The Morgan fingerprint density at radius 3 is 2.64 bits per heavy atom. The molecule has 0 aliphatic rings. The number of nitro groups is 1. The fraction of sp³-hybridized carbons (Fsp3) is 0.125. The lowest BCUT2D eigenvalue weighted by Crippen LogP contribution is -2.24. The summed E-state index contributed by atoms with van der Waals surface area (Å²) in [6.45, 7) is 2.05. The molecule has 0 fully saturated rings. The maximum Gasteiger partial charge on any atom is 0.307 e. The molecule has 9 nitrogen and oxygen atoms in total. The lowest BCUT2D eigenvalue weighted by atomic mass is 10.1. The standard InChI is InChI=1S/C24H21N5O4/c1-17(26-27-24(30)15-28-14-21(13-25-28)29(31)32)18-9-11-22(12-10-18)33-16-20-7-4-6-19-5-2-3-8-23(19)20/h2-14H,15-16H2,1H3,(H,27,30). The van der Waals surface area contributed by atoms with Crippen molar-refractivity contribution in [2.75, 3.05) is 0 Å². The van der Waals surface area contributed by atoms with E-state index in [0.717, 1.165) is 23.1 Å². The average molecular weight is 443 g/mol. The van der Waals surface area contributed by atoms with Gasteiger partial charge in [-0.05, 0) is 53.1 Å². The zero-order chi connectivity index (χ0) is 23.2. The number of aromatic nitrogens is 2. The minimum absolute atomic E-state index is 0.175. The molecule has 0 saturated carbocycles. The average Bonchev–Trinajstić information content (AvgIpc) is 3.30. The summed E-state index contributed by atoms with van der Waals surface area (Å²) in [5.41, 5.74) is 4.80. The van der Waals surface area contributed by atoms with Gasteiger partial charge in [0.25, 0.3) is 5.91 Å². The Morgan fingerprint density at radius 1 is 1.12 bits per heavy atom. The van der Waals surface area contributed by atoms with Gasteiger partial charge in [-0.2, -0.15) is 10.2 Å². The molecule has 166 valence electrons. The van der Waals surface area contributed by atoms with E-state index in [9.17, 15) is 14.9 Å². The summed E-state index contributed by atoms with van der Waals surface area (Å²) < 4.78 is 7.13. The van der Waals surface area contributed by atoms with Crippen molar-refractivity contribution in [3.05, 3.63) is 100 Å². The third-order valence-electron chi connectivity index (χ3n) is 5.03. The summed E-state index contributed by atoms with van der Waals surface area (Å²) >= 11 is 0. The second-order valence-electron chi connectivity index (χ2n) is 7.34. The molecular formula is C24H21N5O4. The first-order chi connectivity index (χ1) is 16.0. The van der Waals surface area contributed by atoms with Crippen molar-refractivity contribution in [2.24, 2.45) is 5.10 Å². The maximum absolute atomic E-state index is 12.0. The zero-order valence-corrected chi connectivity index (χ0v) is 17.8. The van der Waals surface area contributed by atoms with Crippen LogP contribution in [-0.4, -0.2) is 26.3 Å². The topological polar surface area (TPSA) is 112 Å². The molecule has 1 N–H and O–H groups in total. The first-order valence-electron chi connectivity index (χ1n) is 10.2. The van der Waals surface area contributed by atoms with Crippen molar-refractivity contribution >= 4 is 28.1 Å². The van der Waals surface area contributed by atoms with Gasteiger partial charge in [-0.15, -0.1) is 0 Å². The van der Waals surface area contributed by atoms with Crippen molar-refractivity contribution < 1.29 is 14.5 Å². The lowest BCUT2D eigenvalue weighted by molar-refractivity contribution is -0.385. The molecule has 0 radical (unpaired) electrons. The van der Waals surface area contributed by atoms with Gasteiger partial charge in [-0.3, -0.25) is 19.6 Å². The summed E-state index contributed by atoms with van der Waals surface area (Å²) in [4.78, 5) is 22.1. The van der Waals surface area contributed by atoms with E-state index in [1.165, 1.54) is 21.7 Å². The number of carbonyl (C=O) groups excluding carboxylic acids is 1. The van der Waals surface area contributed by atoms with Gasteiger partial charge in [-0.1, -0.05) is 42.5 Å². The Labute approximate surface area is 189 Å². The first-order valence-corrected chi connectivity index (χ1v) is 10.2. The van der Waals surface area contributed by atoms with Crippen molar-refractivity contribution in [3.63, 3.8) is 0 Å². The summed E-state index contributed by atoms with van der Waals surface area (Å²) in [7, 11) is 0. The largest absolute Gasteiger partial charge is 0.489 e. The van der Waals surface area contributed by atoms with E-state index < -0.39 is 10.8 Å². The fourth-order valence-corrected chi connectivity index (χ4v) is 3.30. The van der Waals surface area contributed by atoms with Crippen LogP contribution in [0.2, 0.25) is 0 Å². The maximum atomic E-state index is 12.0. The molecule has 0 aliphatic heterocycles. The highest BCUT2D eigenvalue weighted by Crippen LogP contribution is 2.21. The molecule has 0 spiro atoms. The van der Waals surface area contributed by atoms with Gasteiger partial charge >= 0.3 is 5.69 Å². The minimum Gasteiger partial charge on any atom is -0.489 e. The van der Waals surface area contributed by atoms with Crippen LogP contribution in [0.15, 0.2) is 84.2 Å². The highest BCUT2D eigenvalue weighted by Gasteiger charge is 2.11. The summed E-state index contributed by atoms with van der Waals surface area (Å²) in [6, 6.07) is 21.8. The number of hydrogen-bond donors (Lipinski definition) is 1. The molecule has 0 atom stereocenters. The number of ether oxygens (including phenoxy) is 1. The first kappa shape index (κ1) is 21.7. The van der Waals surface area contributed by atoms with Gasteiger partial charge in [-0.25, -0.2) is 5.43 Å². The number of hydrogen-bond acceptors (Lipinski definition) is 6. The molecule has 9 heteroatoms. The van der Waals surface area contributed by atoms with Gasteiger partial charge < -0.3 is 4.74 Å². The number of amides is 1. The van der Waals surface area contributed by atoms with E-state index in [4.69, 9.17) is 4.74 Å². The van der Waals surface area contributed by atoms with Crippen molar-refractivity contribution in [1.29, 1.82) is 0 Å². The molecule has 4 aromatic rings. The van der Waals surface area contributed by atoms with E-state index in [1.54, 1.807) is 6.92 Å². The summed E-state index contributed by atoms with van der Waals surface area (Å²) in [5, 5.41) is 20.9. The molecule has 0 aliphatic carbocycles. The lowest BCUT2D eigenvalue weighted by Gasteiger charge is -2.10. The Morgan fingerprint density at radius 2 is 1.88 bits per heavy atom. The molecule has 1 amide bonds. The van der Waals surface area contributed by atoms with E-state index in [2.05, 4.69) is 39.9 Å². The number of nitrogens with one attached hydrogen (secondary N) is 1. The fourth-order valence-electron chi connectivity index (χ4n) is 3.30. The number of fused-ring (bicyclic) bond motifs is 1.